The molecule has 3 amide bonds. The van der Waals surface area contributed by atoms with Crippen molar-refractivity contribution in [1.82, 2.24) is 15.1 Å². The second-order valence-corrected chi connectivity index (χ2v) is 8.39. The van der Waals surface area contributed by atoms with Gasteiger partial charge in [0, 0.05) is 12.1 Å². The van der Waals surface area contributed by atoms with Gasteiger partial charge in [0.15, 0.2) is 0 Å². The fraction of sp³-hybridized carbons (Fsp3) is 0.850. The zero-order chi connectivity index (χ0) is 21.2. The predicted molar refractivity (Wildman–Crippen MR) is 105 cm³/mol. The first-order valence-electron chi connectivity index (χ1n) is 10.4. The molecule has 0 aliphatic carbocycles. The summed E-state index contributed by atoms with van der Waals surface area (Å²) >= 11 is 0. The number of carbonyl (C=O) groups excluding carboxylic acids is 3. The fourth-order valence-corrected chi connectivity index (χ4v) is 4.47. The Labute approximate surface area is 167 Å². The average molecular weight is 398 g/mol. The molecule has 0 aromatic rings. The molecule has 8 heteroatoms. The van der Waals surface area contributed by atoms with Crippen LogP contribution in [0.1, 0.15) is 67.2 Å². The van der Waals surface area contributed by atoms with Crippen molar-refractivity contribution in [3.63, 3.8) is 0 Å². The van der Waals surface area contributed by atoms with E-state index in [2.05, 4.69) is 5.32 Å². The number of hydrogen-bond donors (Lipinski definition) is 2. The monoisotopic (exact) mass is 397 g/mol. The average Bonchev–Trinajstić information content (AvgIpc) is 2.97. The minimum absolute atomic E-state index is 0.106. The van der Waals surface area contributed by atoms with Crippen LogP contribution in [0.3, 0.4) is 0 Å². The summed E-state index contributed by atoms with van der Waals surface area (Å²) in [5.74, 6) is -0.676. The Morgan fingerprint density at radius 1 is 1.32 bits per heavy atom. The molecule has 2 N–H and O–H groups in total. The maximum absolute atomic E-state index is 13.3. The molecule has 1 spiro atoms. The van der Waals surface area contributed by atoms with E-state index in [1.807, 2.05) is 34.6 Å². The van der Waals surface area contributed by atoms with Crippen LogP contribution in [0.25, 0.3) is 0 Å². The van der Waals surface area contributed by atoms with E-state index in [1.165, 1.54) is 11.8 Å². The van der Waals surface area contributed by atoms with E-state index in [9.17, 15) is 19.5 Å². The second kappa shape index (κ2) is 8.68. The summed E-state index contributed by atoms with van der Waals surface area (Å²) in [6, 6.07) is -1.59. The first kappa shape index (κ1) is 22.5. The molecule has 0 bridgehead atoms. The number of likely N-dealkylation sites (tertiary alicyclic amines) is 2. The molecule has 2 heterocycles. The lowest BCUT2D eigenvalue weighted by Crippen LogP contribution is -2.82. The lowest BCUT2D eigenvalue weighted by molar-refractivity contribution is -0.183. The number of ether oxygens (including phenoxy) is 1. The van der Waals surface area contributed by atoms with Crippen LogP contribution in [-0.4, -0.2) is 75.2 Å². The lowest BCUT2D eigenvalue weighted by atomic mass is 9.75. The van der Waals surface area contributed by atoms with Gasteiger partial charge in [-0.05, 0) is 53.9 Å². The Kier molecular flexibility index (Phi) is 6.96. The van der Waals surface area contributed by atoms with Crippen LogP contribution in [-0.2, 0) is 14.3 Å². The highest BCUT2D eigenvalue weighted by Crippen LogP contribution is 2.48. The predicted octanol–water partition coefficient (Wildman–Crippen LogP) is 1.65. The Morgan fingerprint density at radius 3 is 2.46 bits per heavy atom. The quantitative estimate of drug-likeness (QED) is 0.503. The van der Waals surface area contributed by atoms with Crippen molar-refractivity contribution in [2.45, 2.75) is 103 Å². The van der Waals surface area contributed by atoms with E-state index in [-0.39, 0.29) is 29.9 Å². The van der Waals surface area contributed by atoms with Gasteiger partial charge >= 0.3 is 6.09 Å². The molecule has 0 radical (unpaired) electrons. The molecule has 2 fully saturated rings. The third-order valence-corrected chi connectivity index (χ3v) is 5.90. The minimum atomic E-state index is -1.02. The van der Waals surface area contributed by atoms with Crippen molar-refractivity contribution in [2.24, 2.45) is 0 Å². The maximum atomic E-state index is 13.3. The minimum Gasteiger partial charge on any atom is -0.449 e. The first-order valence-corrected chi connectivity index (χ1v) is 10.4. The Bertz CT molecular complexity index is 609. The number of carbonyl (C=O) groups is 3. The van der Waals surface area contributed by atoms with Crippen molar-refractivity contribution in [3.05, 3.63) is 0 Å². The van der Waals surface area contributed by atoms with E-state index >= 15 is 0 Å². The van der Waals surface area contributed by atoms with Gasteiger partial charge in [-0.3, -0.25) is 14.5 Å². The lowest BCUT2D eigenvalue weighted by Gasteiger charge is -2.59. The normalized spacial score (nSPS) is 29.1. The summed E-state index contributed by atoms with van der Waals surface area (Å²) in [6.07, 6.45) is 1.43. The van der Waals surface area contributed by atoms with Crippen LogP contribution in [0.15, 0.2) is 0 Å². The van der Waals surface area contributed by atoms with Crippen LogP contribution in [0, 0.1) is 0 Å². The number of aliphatic hydroxyl groups excluding tert-OH is 1. The van der Waals surface area contributed by atoms with Crippen molar-refractivity contribution < 1.29 is 24.2 Å². The van der Waals surface area contributed by atoms with Crippen LogP contribution >= 0.6 is 0 Å². The molecule has 0 saturated carbocycles. The van der Waals surface area contributed by atoms with E-state index in [0.717, 1.165) is 12.8 Å². The molecule has 2 rings (SSSR count). The summed E-state index contributed by atoms with van der Waals surface area (Å²) in [4.78, 5) is 41.6. The SMILES string of the molecule is CCCCOC(=O)N1C(C)CCC12C(=O)N([C@H](C(=O)NC(C)C)[C@@H](C)O)C2C. The molecule has 3 unspecified atom stereocenters. The van der Waals surface area contributed by atoms with Crippen LogP contribution in [0.4, 0.5) is 4.79 Å². The first-order chi connectivity index (χ1) is 13.1. The number of hydrogen-bond acceptors (Lipinski definition) is 5. The van der Waals surface area contributed by atoms with Crippen molar-refractivity contribution >= 4 is 17.9 Å². The second-order valence-electron chi connectivity index (χ2n) is 8.39. The van der Waals surface area contributed by atoms with Gasteiger partial charge < -0.3 is 20.1 Å². The summed E-state index contributed by atoms with van der Waals surface area (Å²) in [7, 11) is 0. The maximum Gasteiger partial charge on any atom is 0.410 e. The molecule has 0 aromatic carbocycles. The molecule has 2 saturated heterocycles. The summed E-state index contributed by atoms with van der Waals surface area (Å²) in [5.41, 5.74) is -0.992. The van der Waals surface area contributed by atoms with E-state index < -0.39 is 23.8 Å². The summed E-state index contributed by atoms with van der Waals surface area (Å²) in [5, 5.41) is 13.0. The van der Waals surface area contributed by atoms with Gasteiger partial charge in [0.2, 0.25) is 5.91 Å². The third kappa shape index (κ3) is 3.71. The third-order valence-electron chi connectivity index (χ3n) is 5.90. The van der Waals surface area contributed by atoms with Gasteiger partial charge in [-0.1, -0.05) is 13.3 Å². The van der Waals surface area contributed by atoms with Gasteiger partial charge in [0.25, 0.3) is 5.91 Å². The van der Waals surface area contributed by atoms with Gasteiger partial charge in [0.05, 0.1) is 18.8 Å². The molecule has 160 valence electrons. The highest BCUT2D eigenvalue weighted by atomic mass is 16.6. The van der Waals surface area contributed by atoms with Gasteiger partial charge in [-0.25, -0.2) is 4.79 Å². The highest BCUT2D eigenvalue weighted by Gasteiger charge is 2.69. The Morgan fingerprint density at radius 2 is 1.96 bits per heavy atom. The van der Waals surface area contributed by atoms with Gasteiger partial charge in [0.1, 0.15) is 11.6 Å². The molecule has 2 aliphatic rings. The summed E-state index contributed by atoms with van der Waals surface area (Å²) in [6.45, 7) is 11.2. The van der Waals surface area contributed by atoms with Gasteiger partial charge in [-0.15, -0.1) is 0 Å². The van der Waals surface area contributed by atoms with E-state index in [4.69, 9.17) is 4.74 Å². The number of rotatable bonds is 7. The largest absolute Gasteiger partial charge is 0.449 e. The standard InChI is InChI=1S/C20H35N3O5/c1-7-8-11-28-19(27)23-13(4)9-10-20(23)15(6)22(18(20)26)16(14(5)24)17(25)21-12(2)3/h12-16,24H,7-11H2,1-6H3,(H,21,25)/t13?,14-,15?,16+,20?/m1/s1. The molecule has 8 nitrogen and oxygen atoms in total. The van der Waals surface area contributed by atoms with Crippen molar-refractivity contribution in [2.75, 3.05) is 6.61 Å². The zero-order valence-electron chi connectivity index (χ0n) is 17.9. The molecular weight excluding hydrogens is 362 g/mol. The van der Waals surface area contributed by atoms with Crippen LogP contribution in [0.2, 0.25) is 0 Å². The van der Waals surface area contributed by atoms with E-state index in [0.29, 0.717) is 19.4 Å². The molecule has 28 heavy (non-hydrogen) atoms. The van der Waals surface area contributed by atoms with Crippen LogP contribution in [0.5, 0.6) is 0 Å². The molecule has 0 aromatic heterocycles. The van der Waals surface area contributed by atoms with Gasteiger partial charge in [-0.2, -0.15) is 0 Å². The van der Waals surface area contributed by atoms with Crippen molar-refractivity contribution in [1.29, 1.82) is 0 Å². The summed E-state index contributed by atoms with van der Waals surface area (Å²) < 4.78 is 5.40. The van der Waals surface area contributed by atoms with Crippen molar-refractivity contribution in [3.8, 4) is 0 Å². The number of nitrogens with one attached hydrogen (secondary N) is 1. The molecule has 2 aliphatic heterocycles. The number of amides is 3. The zero-order valence-corrected chi connectivity index (χ0v) is 17.9. The van der Waals surface area contributed by atoms with E-state index in [1.54, 1.807) is 4.90 Å². The fourth-order valence-electron chi connectivity index (χ4n) is 4.47. The number of unbranched alkanes of at least 4 members (excludes halogenated alkanes) is 1. The number of aliphatic hydroxyl groups is 1. The highest BCUT2D eigenvalue weighted by molar-refractivity contribution is 6.01. The smallest absolute Gasteiger partial charge is 0.410 e. The number of β-lactam (4-membered cyclic amide) rings is 1. The van der Waals surface area contributed by atoms with Crippen LogP contribution < -0.4 is 5.32 Å². The topological polar surface area (TPSA) is 99.2 Å². The molecular formula is C20H35N3O5. The Balaban J connectivity index is 2.24. The molecule has 5 atom stereocenters. The Hall–Kier alpha value is -1.83. The number of nitrogens with zero attached hydrogens (tertiary/aromatic N) is 2.